The summed E-state index contributed by atoms with van der Waals surface area (Å²) in [7, 11) is 1.44. The zero-order valence-electron chi connectivity index (χ0n) is 9.29. The summed E-state index contributed by atoms with van der Waals surface area (Å²) in [4.78, 5) is 0. The van der Waals surface area contributed by atoms with E-state index >= 15 is 0 Å². The van der Waals surface area contributed by atoms with Gasteiger partial charge in [0.2, 0.25) is 0 Å². The molecule has 1 atom stereocenters. The van der Waals surface area contributed by atoms with Gasteiger partial charge in [-0.05, 0) is 37.4 Å². The first-order valence-electron chi connectivity index (χ1n) is 5.50. The highest BCUT2D eigenvalue weighted by atomic mass is 19.1. The van der Waals surface area contributed by atoms with Gasteiger partial charge in [-0.15, -0.1) is 0 Å². The van der Waals surface area contributed by atoms with E-state index in [2.05, 4.69) is 5.32 Å². The van der Waals surface area contributed by atoms with Crippen LogP contribution in [0.4, 0.5) is 4.39 Å². The molecule has 0 radical (unpaired) electrons. The van der Waals surface area contributed by atoms with Crippen molar-refractivity contribution in [3.05, 3.63) is 23.5 Å². The van der Waals surface area contributed by atoms with E-state index in [1.54, 1.807) is 6.07 Å². The maximum atomic E-state index is 13.1. The summed E-state index contributed by atoms with van der Waals surface area (Å²) in [6, 6.07) is 3.36. The molecule has 2 rings (SSSR count). The van der Waals surface area contributed by atoms with Gasteiger partial charge in [-0.2, -0.15) is 0 Å². The molecule has 1 unspecified atom stereocenters. The largest absolute Gasteiger partial charge is 0.502 e. The average molecular weight is 225 g/mol. The minimum absolute atomic E-state index is 0.258. The smallest absolute Gasteiger partial charge is 0.194 e. The SMILES string of the molecule is COc1c(CC2CCCN2)ccc(F)c1O. The van der Waals surface area contributed by atoms with Gasteiger partial charge in [-0.1, -0.05) is 6.07 Å². The minimum Gasteiger partial charge on any atom is -0.502 e. The average Bonchev–Trinajstić information content (AvgIpc) is 2.77. The topological polar surface area (TPSA) is 41.5 Å². The lowest BCUT2D eigenvalue weighted by atomic mass is 10.0. The third-order valence-electron chi connectivity index (χ3n) is 3.00. The van der Waals surface area contributed by atoms with Crippen molar-refractivity contribution in [2.24, 2.45) is 0 Å². The van der Waals surface area contributed by atoms with Crippen LogP contribution in [0.15, 0.2) is 12.1 Å². The number of phenols is 1. The van der Waals surface area contributed by atoms with Crippen molar-refractivity contribution in [2.75, 3.05) is 13.7 Å². The third kappa shape index (κ3) is 2.11. The molecule has 4 heteroatoms. The third-order valence-corrected chi connectivity index (χ3v) is 3.00. The molecule has 3 nitrogen and oxygen atoms in total. The number of ether oxygens (including phenoxy) is 1. The van der Waals surface area contributed by atoms with Crippen molar-refractivity contribution in [1.29, 1.82) is 0 Å². The Morgan fingerprint density at radius 2 is 2.38 bits per heavy atom. The molecular formula is C12H16FNO2. The summed E-state index contributed by atoms with van der Waals surface area (Å²) < 4.78 is 18.2. The maximum absolute atomic E-state index is 13.1. The molecule has 16 heavy (non-hydrogen) atoms. The van der Waals surface area contributed by atoms with E-state index in [1.165, 1.54) is 19.6 Å². The number of halogens is 1. The van der Waals surface area contributed by atoms with E-state index in [4.69, 9.17) is 4.74 Å². The van der Waals surface area contributed by atoms with Crippen LogP contribution in [0.5, 0.6) is 11.5 Å². The number of nitrogens with one attached hydrogen (secondary N) is 1. The normalized spacial score (nSPS) is 20.0. The lowest BCUT2D eigenvalue weighted by molar-refractivity contribution is 0.352. The molecule has 0 aliphatic carbocycles. The van der Waals surface area contributed by atoms with E-state index < -0.39 is 11.6 Å². The zero-order chi connectivity index (χ0) is 11.5. The second-order valence-electron chi connectivity index (χ2n) is 4.09. The van der Waals surface area contributed by atoms with Crippen molar-refractivity contribution >= 4 is 0 Å². The van der Waals surface area contributed by atoms with E-state index in [1.807, 2.05) is 0 Å². The van der Waals surface area contributed by atoms with Gasteiger partial charge in [0.25, 0.3) is 0 Å². The highest BCUT2D eigenvalue weighted by Gasteiger charge is 2.19. The summed E-state index contributed by atoms with van der Waals surface area (Å²) in [5.41, 5.74) is 0.848. The fourth-order valence-corrected chi connectivity index (χ4v) is 2.17. The summed E-state index contributed by atoms with van der Waals surface area (Å²) in [5, 5.41) is 12.9. The van der Waals surface area contributed by atoms with Crippen LogP contribution < -0.4 is 10.1 Å². The van der Waals surface area contributed by atoms with Crippen molar-refractivity contribution in [1.82, 2.24) is 5.32 Å². The molecule has 0 spiro atoms. The maximum Gasteiger partial charge on any atom is 0.194 e. The number of phenolic OH excluding ortho intramolecular Hbond substituents is 1. The molecule has 1 fully saturated rings. The highest BCUT2D eigenvalue weighted by molar-refractivity contribution is 5.47. The highest BCUT2D eigenvalue weighted by Crippen LogP contribution is 2.33. The molecule has 0 saturated carbocycles. The number of benzene rings is 1. The lowest BCUT2D eigenvalue weighted by Gasteiger charge is -2.14. The number of aromatic hydroxyl groups is 1. The van der Waals surface area contributed by atoms with Gasteiger partial charge in [0.1, 0.15) is 0 Å². The quantitative estimate of drug-likeness (QED) is 0.824. The van der Waals surface area contributed by atoms with Crippen molar-refractivity contribution < 1.29 is 14.2 Å². The summed E-state index contributed by atoms with van der Waals surface area (Å²) in [6.45, 7) is 1.03. The molecular weight excluding hydrogens is 209 g/mol. The van der Waals surface area contributed by atoms with E-state index in [0.717, 1.165) is 24.9 Å². The molecule has 2 N–H and O–H groups in total. The van der Waals surface area contributed by atoms with Crippen molar-refractivity contribution in [3.63, 3.8) is 0 Å². The van der Waals surface area contributed by atoms with Gasteiger partial charge >= 0.3 is 0 Å². The molecule has 1 heterocycles. The van der Waals surface area contributed by atoms with E-state index in [-0.39, 0.29) is 5.75 Å². The molecule has 0 bridgehead atoms. The standard InChI is InChI=1S/C12H16FNO2/c1-16-12-8(4-5-10(13)11(12)15)7-9-3-2-6-14-9/h4-5,9,14-15H,2-3,6-7H2,1H3. The molecule has 88 valence electrons. The van der Waals surface area contributed by atoms with Gasteiger partial charge in [-0.3, -0.25) is 0 Å². The second-order valence-corrected chi connectivity index (χ2v) is 4.09. The predicted molar refractivity (Wildman–Crippen MR) is 59.3 cm³/mol. The minimum atomic E-state index is -0.639. The number of hydrogen-bond acceptors (Lipinski definition) is 3. The van der Waals surface area contributed by atoms with Gasteiger partial charge in [0, 0.05) is 6.04 Å². The molecule has 1 aliphatic rings. The lowest BCUT2D eigenvalue weighted by Crippen LogP contribution is -2.23. The molecule has 1 saturated heterocycles. The first kappa shape index (κ1) is 11.2. The van der Waals surface area contributed by atoms with Gasteiger partial charge < -0.3 is 15.2 Å². The van der Waals surface area contributed by atoms with Crippen LogP contribution in [0.25, 0.3) is 0 Å². The Morgan fingerprint density at radius 1 is 1.56 bits per heavy atom. The van der Waals surface area contributed by atoms with Gasteiger partial charge in [0.15, 0.2) is 17.3 Å². The number of hydrogen-bond donors (Lipinski definition) is 2. The van der Waals surface area contributed by atoms with Gasteiger partial charge in [-0.25, -0.2) is 4.39 Å². The zero-order valence-corrected chi connectivity index (χ0v) is 9.29. The van der Waals surface area contributed by atoms with Crippen LogP contribution in [-0.4, -0.2) is 24.8 Å². The number of rotatable bonds is 3. The van der Waals surface area contributed by atoms with Gasteiger partial charge in [0.05, 0.1) is 7.11 Å². The van der Waals surface area contributed by atoms with Crippen LogP contribution in [0.3, 0.4) is 0 Å². The Hall–Kier alpha value is -1.29. The Balaban J connectivity index is 2.22. The fourth-order valence-electron chi connectivity index (χ4n) is 2.17. The van der Waals surface area contributed by atoms with Crippen molar-refractivity contribution in [2.45, 2.75) is 25.3 Å². The van der Waals surface area contributed by atoms with Crippen LogP contribution >= 0.6 is 0 Å². The summed E-state index contributed by atoms with van der Waals surface area (Å²) >= 11 is 0. The fraction of sp³-hybridized carbons (Fsp3) is 0.500. The van der Waals surface area contributed by atoms with Crippen LogP contribution in [0, 0.1) is 5.82 Å². The van der Waals surface area contributed by atoms with Crippen LogP contribution in [0.1, 0.15) is 18.4 Å². The number of methoxy groups -OCH3 is 1. The van der Waals surface area contributed by atoms with Crippen LogP contribution in [0.2, 0.25) is 0 Å². The second kappa shape index (κ2) is 4.70. The molecule has 1 aliphatic heterocycles. The summed E-state index contributed by atoms with van der Waals surface area (Å²) in [5.74, 6) is -0.772. The molecule has 0 amide bonds. The van der Waals surface area contributed by atoms with Crippen LogP contribution in [-0.2, 0) is 6.42 Å². The Labute approximate surface area is 94.2 Å². The van der Waals surface area contributed by atoms with Crippen molar-refractivity contribution in [3.8, 4) is 11.5 Å². The van der Waals surface area contributed by atoms with E-state index in [0.29, 0.717) is 6.04 Å². The molecule has 1 aromatic carbocycles. The first-order valence-corrected chi connectivity index (χ1v) is 5.50. The Bertz CT molecular complexity index is 376. The predicted octanol–water partition coefficient (Wildman–Crippen LogP) is 1.83. The first-order chi connectivity index (χ1) is 7.72. The van der Waals surface area contributed by atoms with E-state index in [9.17, 15) is 9.50 Å². The monoisotopic (exact) mass is 225 g/mol. The Kier molecular flexibility index (Phi) is 3.29. The Morgan fingerprint density at radius 3 is 3.00 bits per heavy atom. The molecule has 1 aromatic rings. The summed E-state index contributed by atoms with van der Waals surface area (Å²) in [6.07, 6.45) is 3.04. The molecule has 0 aromatic heterocycles.